The van der Waals surface area contributed by atoms with E-state index in [1.807, 2.05) is 11.9 Å². The number of nitrogens with zero attached hydrogens (tertiary/aromatic N) is 2. The molecule has 1 unspecified atom stereocenters. The highest BCUT2D eigenvalue weighted by atomic mass is 19.1. The summed E-state index contributed by atoms with van der Waals surface area (Å²) >= 11 is 0. The third kappa shape index (κ3) is 4.66. The van der Waals surface area contributed by atoms with Gasteiger partial charge in [-0.2, -0.15) is 0 Å². The van der Waals surface area contributed by atoms with Crippen LogP contribution in [0.3, 0.4) is 0 Å². The number of anilines is 1. The second-order valence-electron chi connectivity index (χ2n) is 5.61. The van der Waals surface area contributed by atoms with Gasteiger partial charge >= 0.3 is 0 Å². The molecule has 1 aliphatic rings. The molecule has 0 saturated carbocycles. The van der Waals surface area contributed by atoms with Gasteiger partial charge in [0.2, 0.25) is 11.8 Å². The van der Waals surface area contributed by atoms with E-state index >= 15 is 0 Å². The topological polar surface area (TPSA) is 64.7 Å². The number of hydrogen-bond donors (Lipinski definition) is 2. The van der Waals surface area contributed by atoms with E-state index < -0.39 is 0 Å². The molecule has 2 N–H and O–H groups in total. The van der Waals surface area contributed by atoms with Gasteiger partial charge in [-0.1, -0.05) is 0 Å². The maximum absolute atomic E-state index is 12.9. The SMILES string of the molecule is CNC(=O)C1CN(C(=O)CCN(C)c2ccc(F)cc2)CCN1. The quantitative estimate of drug-likeness (QED) is 0.813. The van der Waals surface area contributed by atoms with Crippen LogP contribution in [-0.4, -0.2) is 63.0 Å². The van der Waals surface area contributed by atoms with Crippen LogP contribution in [0.5, 0.6) is 0 Å². The molecule has 0 bridgehead atoms. The maximum Gasteiger partial charge on any atom is 0.238 e. The maximum atomic E-state index is 12.9. The Hall–Kier alpha value is -2.15. The summed E-state index contributed by atoms with van der Waals surface area (Å²) < 4.78 is 12.9. The summed E-state index contributed by atoms with van der Waals surface area (Å²) in [7, 11) is 3.45. The van der Waals surface area contributed by atoms with Gasteiger partial charge in [0.05, 0.1) is 0 Å². The molecular weight excluding hydrogens is 299 g/mol. The highest BCUT2D eigenvalue weighted by molar-refractivity contribution is 5.83. The monoisotopic (exact) mass is 322 g/mol. The summed E-state index contributed by atoms with van der Waals surface area (Å²) in [6.45, 7) is 2.14. The van der Waals surface area contributed by atoms with Gasteiger partial charge in [-0.3, -0.25) is 9.59 Å². The molecule has 7 heteroatoms. The first kappa shape index (κ1) is 17.2. The molecule has 0 aliphatic carbocycles. The third-order valence-corrected chi connectivity index (χ3v) is 4.02. The summed E-state index contributed by atoms with van der Waals surface area (Å²) in [6.07, 6.45) is 0.355. The fourth-order valence-corrected chi connectivity index (χ4v) is 2.57. The summed E-state index contributed by atoms with van der Waals surface area (Å²) in [5.74, 6) is -0.361. The van der Waals surface area contributed by atoms with Gasteiger partial charge in [0.15, 0.2) is 0 Å². The Labute approximate surface area is 135 Å². The van der Waals surface area contributed by atoms with Crippen LogP contribution < -0.4 is 15.5 Å². The molecule has 1 aliphatic heterocycles. The average Bonchev–Trinajstić information content (AvgIpc) is 2.59. The van der Waals surface area contributed by atoms with Crippen molar-refractivity contribution in [3.05, 3.63) is 30.1 Å². The Morgan fingerprint density at radius 2 is 2.09 bits per heavy atom. The number of rotatable bonds is 5. The number of likely N-dealkylation sites (N-methyl/N-ethyl adjacent to an activating group) is 1. The standard InChI is InChI=1S/C16H23FN4O2/c1-18-16(23)14-11-21(10-8-19-14)15(22)7-9-20(2)13-5-3-12(17)4-6-13/h3-6,14,19H,7-11H2,1-2H3,(H,18,23). The lowest BCUT2D eigenvalue weighted by atomic mass is 10.2. The highest BCUT2D eigenvalue weighted by Gasteiger charge is 2.27. The third-order valence-electron chi connectivity index (χ3n) is 4.02. The van der Waals surface area contributed by atoms with Gasteiger partial charge in [0.25, 0.3) is 0 Å². The molecule has 2 rings (SSSR count). The minimum atomic E-state index is -0.354. The molecule has 1 aromatic carbocycles. The van der Waals surface area contributed by atoms with Crippen LogP contribution >= 0.6 is 0 Å². The molecule has 2 amide bonds. The molecule has 1 aromatic rings. The van der Waals surface area contributed by atoms with E-state index in [0.29, 0.717) is 32.6 Å². The van der Waals surface area contributed by atoms with E-state index in [1.165, 1.54) is 12.1 Å². The molecule has 1 saturated heterocycles. The first-order chi connectivity index (χ1) is 11.0. The first-order valence-electron chi connectivity index (χ1n) is 7.70. The second-order valence-corrected chi connectivity index (χ2v) is 5.61. The predicted molar refractivity (Wildman–Crippen MR) is 86.7 cm³/mol. The predicted octanol–water partition coefficient (Wildman–Crippen LogP) is 0.198. The van der Waals surface area contributed by atoms with Crippen molar-refractivity contribution in [3.8, 4) is 0 Å². The van der Waals surface area contributed by atoms with E-state index in [4.69, 9.17) is 0 Å². The first-order valence-corrected chi connectivity index (χ1v) is 7.70. The van der Waals surface area contributed by atoms with Crippen molar-refractivity contribution in [1.82, 2.24) is 15.5 Å². The van der Waals surface area contributed by atoms with Crippen molar-refractivity contribution in [2.45, 2.75) is 12.5 Å². The number of piperazine rings is 1. The van der Waals surface area contributed by atoms with Gasteiger partial charge in [-0.05, 0) is 24.3 Å². The Kier molecular flexibility index (Phi) is 5.92. The Balaban J connectivity index is 1.84. The normalized spacial score (nSPS) is 17.7. The van der Waals surface area contributed by atoms with Crippen molar-refractivity contribution in [1.29, 1.82) is 0 Å². The number of hydrogen-bond acceptors (Lipinski definition) is 4. The Morgan fingerprint density at radius 3 is 2.74 bits per heavy atom. The lowest BCUT2D eigenvalue weighted by Crippen LogP contribution is -2.58. The van der Waals surface area contributed by atoms with E-state index in [0.717, 1.165) is 5.69 Å². The van der Waals surface area contributed by atoms with E-state index in [-0.39, 0.29) is 23.7 Å². The smallest absolute Gasteiger partial charge is 0.238 e. The van der Waals surface area contributed by atoms with E-state index in [2.05, 4.69) is 10.6 Å². The summed E-state index contributed by atoms with van der Waals surface area (Å²) in [5.41, 5.74) is 0.864. The number of halogens is 1. The fourth-order valence-electron chi connectivity index (χ4n) is 2.57. The van der Waals surface area contributed by atoms with E-state index in [9.17, 15) is 14.0 Å². The Bertz CT molecular complexity index is 550. The van der Waals surface area contributed by atoms with Gasteiger partial charge in [0, 0.05) is 52.4 Å². The van der Waals surface area contributed by atoms with Gasteiger partial charge in [0.1, 0.15) is 11.9 Å². The van der Waals surface area contributed by atoms with Crippen LogP contribution in [-0.2, 0) is 9.59 Å². The molecule has 1 atom stereocenters. The zero-order valence-corrected chi connectivity index (χ0v) is 13.5. The van der Waals surface area contributed by atoms with Crippen molar-refractivity contribution in [2.24, 2.45) is 0 Å². The van der Waals surface area contributed by atoms with Crippen LogP contribution in [0.15, 0.2) is 24.3 Å². The van der Waals surface area contributed by atoms with Crippen molar-refractivity contribution >= 4 is 17.5 Å². The largest absolute Gasteiger partial charge is 0.374 e. The lowest BCUT2D eigenvalue weighted by molar-refractivity contribution is -0.133. The van der Waals surface area contributed by atoms with Gasteiger partial charge < -0.3 is 20.4 Å². The number of amides is 2. The molecule has 1 fully saturated rings. The zero-order chi connectivity index (χ0) is 16.8. The summed E-state index contributed by atoms with van der Waals surface area (Å²) in [5, 5.41) is 5.69. The average molecular weight is 322 g/mol. The summed E-state index contributed by atoms with van der Waals surface area (Å²) in [6, 6.07) is 5.82. The zero-order valence-electron chi connectivity index (χ0n) is 13.5. The van der Waals surface area contributed by atoms with E-state index in [1.54, 1.807) is 24.1 Å². The summed E-state index contributed by atoms with van der Waals surface area (Å²) in [4.78, 5) is 27.6. The minimum absolute atomic E-state index is 0.0226. The highest BCUT2D eigenvalue weighted by Crippen LogP contribution is 2.13. The second kappa shape index (κ2) is 7.92. The molecule has 126 valence electrons. The number of nitrogens with one attached hydrogen (secondary N) is 2. The minimum Gasteiger partial charge on any atom is -0.374 e. The van der Waals surface area contributed by atoms with Gasteiger partial charge in [-0.15, -0.1) is 0 Å². The molecule has 0 radical (unpaired) electrons. The number of benzene rings is 1. The molecule has 0 aromatic heterocycles. The van der Waals surface area contributed by atoms with Crippen LogP contribution in [0.1, 0.15) is 6.42 Å². The van der Waals surface area contributed by atoms with Crippen molar-refractivity contribution < 1.29 is 14.0 Å². The fraction of sp³-hybridized carbons (Fsp3) is 0.500. The number of carbonyl (C=O) groups excluding carboxylic acids is 2. The molecular formula is C16H23FN4O2. The molecule has 0 spiro atoms. The number of carbonyl (C=O) groups is 2. The Morgan fingerprint density at radius 1 is 1.39 bits per heavy atom. The van der Waals surface area contributed by atoms with Crippen LogP contribution in [0, 0.1) is 5.82 Å². The molecule has 23 heavy (non-hydrogen) atoms. The van der Waals surface area contributed by atoms with Crippen LogP contribution in [0.25, 0.3) is 0 Å². The molecule has 1 heterocycles. The van der Waals surface area contributed by atoms with Gasteiger partial charge in [-0.25, -0.2) is 4.39 Å². The lowest BCUT2D eigenvalue weighted by Gasteiger charge is -2.33. The van der Waals surface area contributed by atoms with Crippen molar-refractivity contribution in [3.63, 3.8) is 0 Å². The van der Waals surface area contributed by atoms with Crippen molar-refractivity contribution in [2.75, 3.05) is 45.2 Å². The van der Waals surface area contributed by atoms with Crippen LogP contribution in [0.4, 0.5) is 10.1 Å². The molecule has 6 nitrogen and oxygen atoms in total. The van der Waals surface area contributed by atoms with Crippen LogP contribution in [0.2, 0.25) is 0 Å².